The Morgan fingerprint density at radius 2 is 1.83 bits per heavy atom. The van der Waals surface area contributed by atoms with Gasteiger partial charge in [0.1, 0.15) is 11.4 Å². The van der Waals surface area contributed by atoms with Gasteiger partial charge in [0, 0.05) is 17.3 Å². The van der Waals surface area contributed by atoms with Gasteiger partial charge in [-0.25, -0.2) is 9.18 Å². The molecule has 0 aliphatic heterocycles. The number of carbonyl (C=O) groups is 2. The van der Waals surface area contributed by atoms with Gasteiger partial charge in [0.15, 0.2) is 0 Å². The summed E-state index contributed by atoms with van der Waals surface area (Å²) in [5, 5.41) is 5.27. The van der Waals surface area contributed by atoms with E-state index in [9.17, 15) is 14.0 Å². The number of halogens is 1. The fourth-order valence-electron chi connectivity index (χ4n) is 1.83. The number of anilines is 1. The number of rotatable bonds is 6. The van der Waals surface area contributed by atoms with Crippen LogP contribution >= 0.6 is 0 Å². The van der Waals surface area contributed by atoms with Gasteiger partial charge in [0.2, 0.25) is 5.91 Å². The Morgan fingerprint density at radius 3 is 2.38 bits per heavy atom. The molecule has 1 rings (SSSR count). The molecule has 0 unspecified atom stereocenters. The highest BCUT2D eigenvalue weighted by Gasteiger charge is 2.18. The number of benzene rings is 1. The summed E-state index contributed by atoms with van der Waals surface area (Å²) in [5.74, 6) is -0.815. The second-order valence-electron chi connectivity index (χ2n) is 6.67. The monoisotopic (exact) mass is 336 g/mol. The average molecular weight is 336 g/mol. The standard InChI is InChI=1S/C18H25FN2O3/c1-12(16(22)21-15-10-8-14(19)9-11-15)6-7-13(2)20-17(23)24-18(3,4)5/h8-12H,2,6-7H2,1,3-5H3,(H,20,23)(H,21,22)/t12-/m1/s1. The van der Waals surface area contributed by atoms with Gasteiger partial charge in [-0.1, -0.05) is 13.5 Å². The first-order valence-corrected chi connectivity index (χ1v) is 7.81. The van der Waals surface area contributed by atoms with Crippen molar-refractivity contribution in [3.05, 3.63) is 42.4 Å². The third kappa shape index (κ3) is 7.76. The molecule has 0 aliphatic carbocycles. The molecule has 0 radical (unpaired) electrons. The molecule has 0 spiro atoms. The van der Waals surface area contributed by atoms with Crippen LogP contribution in [0.5, 0.6) is 0 Å². The first kappa shape index (κ1) is 19.7. The van der Waals surface area contributed by atoms with Crippen LogP contribution in [0, 0.1) is 11.7 Å². The molecule has 0 aromatic heterocycles. The molecule has 0 saturated carbocycles. The number of hydrogen-bond acceptors (Lipinski definition) is 3. The zero-order chi connectivity index (χ0) is 18.3. The van der Waals surface area contributed by atoms with Gasteiger partial charge >= 0.3 is 6.09 Å². The van der Waals surface area contributed by atoms with Crippen LogP contribution in [0.15, 0.2) is 36.5 Å². The lowest BCUT2D eigenvalue weighted by Gasteiger charge is -2.20. The van der Waals surface area contributed by atoms with Crippen molar-refractivity contribution in [2.75, 3.05) is 5.32 Å². The largest absolute Gasteiger partial charge is 0.444 e. The van der Waals surface area contributed by atoms with E-state index in [1.807, 2.05) is 0 Å². The topological polar surface area (TPSA) is 67.4 Å². The van der Waals surface area contributed by atoms with Gasteiger partial charge in [-0.15, -0.1) is 0 Å². The molecule has 0 saturated heterocycles. The predicted octanol–water partition coefficient (Wildman–Crippen LogP) is 4.22. The lowest BCUT2D eigenvalue weighted by atomic mass is 10.0. The minimum atomic E-state index is -0.577. The van der Waals surface area contributed by atoms with E-state index in [1.54, 1.807) is 27.7 Å². The molecule has 0 heterocycles. The molecule has 0 aliphatic rings. The van der Waals surface area contributed by atoms with Crippen molar-refractivity contribution in [3.8, 4) is 0 Å². The summed E-state index contributed by atoms with van der Waals surface area (Å²) in [7, 11) is 0. The van der Waals surface area contributed by atoms with Gasteiger partial charge in [0.25, 0.3) is 0 Å². The first-order chi connectivity index (χ1) is 11.1. The van der Waals surface area contributed by atoms with Gasteiger partial charge in [0.05, 0.1) is 0 Å². The molecular weight excluding hydrogens is 311 g/mol. The fourth-order valence-corrected chi connectivity index (χ4v) is 1.83. The fraction of sp³-hybridized carbons (Fsp3) is 0.444. The summed E-state index contributed by atoms with van der Waals surface area (Å²) >= 11 is 0. The quantitative estimate of drug-likeness (QED) is 0.817. The molecule has 6 heteroatoms. The van der Waals surface area contributed by atoms with E-state index in [-0.39, 0.29) is 17.6 Å². The third-order valence-electron chi connectivity index (χ3n) is 3.12. The third-order valence-corrected chi connectivity index (χ3v) is 3.12. The molecule has 2 N–H and O–H groups in total. The number of nitrogens with one attached hydrogen (secondary N) is 2. The average Bonchev–Trinajstić information content (AvgIpc) is 2.45. The van der Waals surface area contributed by atoms with Crippen LogP contribution in [0.4, 0.5) is 14.9 Å². The summed E-state index contributed by atoms with van der Waals surface area (Å²) in [4.78, 5) is 23.7. The lowest BCUT2D eigenvalue weighted by molar-refractivity contribution is -0.119. The van der Waals surface area contributed by atoms with Crippen LogP contribution in [0.25, 0.3) is 0 Å². The van der Waals surface area contributed by atoms with Crippen molar-refractivity contribution in [3.63, 3.8) is 0 Å². The summed E-state index contributed by atoms with van der Waals surface area (Å²) in [5.41, 5.74) is 0.455. The summed E-state index contributed by atoms with van der Waals surface area (Å²) in [6, 6.07) is 5.58. The molecule has 1 aromatic rings. The number of alkyl carbamates (subject to hydrolysis) is 1. The Labute approximate surface area is 142 Å². The van der Waals surface area contributed by atoms with E-state index in [0.717, 1.165) is 0 Å². The highest BCUT2D eigenvalue weighted by molar-refractivity contribution is 5.92. The summed E-state index contributed by atoms with van der Waals surface area (Å²) in [6.07, 6.45) is 0.412. The number of ether oxygens (including phenoxy) is 1. The lowest BCUT2D eigenvalue weighted by Crippen LogP contribution is -2.32. The molecule has 132 valence electrons. The number of hydrogen-bond donors (Lipinski definition) is 2. The second kappa shape index (κ2) is 8.47. The number of amides is 2. The Morgan fingerprint density at radius 1 is 1.25 bits per heavy atom. The minimum Gasteiger partial charge on any atom is -0.444 e. The molecule has 24 heavy (non-hydrogen) atoms. The van der Waals surface area contributed by atoms with Crippen LogP contribution in [-0.2, 0) is 9.53 Å². The number of carbonyl (C=O) groups excluding carboxylic acids is 2. The highest BCUT2D eigenvalue weighted by atomic mass is 19.1. The number of allylic oxidation sites excluding steroid dienone is 1. The van der Waals surface area contributed by atoms with Crippen molar-refractivity contribution >= 4 is 17.7 Å². The van der Waals surface area contributed by atoms with Crippen molar-refractivity contribution in [2.24, 2.45) is 5.92 Å². The Hall–Kier alpha value is -2.37. The van der Waals surface area contributed by atoms with Crippen LogP contribution in [0.2, 0.25) is 0 Å². The maximum absolute atomic E-state index is 12.8. The zero-order valence-electron chi connectivity index (χ0n) is 14.6. The molecule has 2 amide bonds. The van der Waals surface area contributed by atoms with Gasteiger partial charge in [-0.2, -0.15) is 0 Å². The molecule has 0 fully saturated rings. The van der Waals surface area contributed by atoms with Gasteiger partial charge < -0.3 is 10.1 Å². The second-order valence-corrected chi connectivity index (χ2v) is 6.67. The van der Waals surface area contributed by atoms with E-state index in [4.69, 9.17) is 4.74 Å². The predicted molar refractivity (Wildman–Crippen MR) is 91.9 cm³/mol. The van der Waals surface area contributed by atoms with Crippen molar-refractivity contribution in [1.82, 2.24) is 5.32 Å². The van der Waals surface area contributed by atoms with Crippen molar-refractivity contribution in [1.29, 1.82) is 0 Å². The Bertz CT molecular complexity index is 591. The van der Waals surface area contributed by atoms with Gasteiger partial charge in [-0.3, -0.25) is 10.1 Å². The molecule has 1 aromatic carbocycles. The minimum absolute atomic E-state index is 0.174. The summed E-state index contributed by atoms with van der Waals surface area (Å²) in [6.45, 7) is 10.9. The van der Waals surface area contributed by atoms with Crippen LogP contribution in [0.1, 0.15) is 40.5 Å². The van der Waals surface area contributed by atoms with E-state index in [1.165, 1.54) is 24.3 Å². The van der Waals surface area contributed by atoms with E-state index in [2.05, 4.69) is 17.2 Å². The maximum Gasteiger partial charge on any atom is 0.411 e. The van der Waals surface area contributed by atoms with E-state index in [0.29, 0.717) is 24.2 Å². The molecule has 1 atom stereocenters. The smallest absolute Gasteiger partial charge is 0.411 e. The van der Waals surface area contributed by atoms with E-state index < -0.39 is 11.7 Å². The van der Waals surface area contributed by atoms with Crippen molar-refractivity contribution in [2.45, 2.75) is 46.1 Å². The molecule has 5 nitrogen and oxygen atoms in total. The van der Waals surface area contributed by atoms with Crippen molar-refractivity contribution < 1.29 is 18.7 Å². The maximum atomic E-state index is 12.8. The molecular formula is C18H25FN2O3. The summed E-state index contributed by atoms with van der Waals surface area (Å²) < 4.78 is 18.0. The van der Waals surface area contributed by atoms with Crippen LogP contribution in [0.3, 0.4) is 0 Å². The SMILES string of the molecule is C=C(CC[C@@H](C)C(=O)Nc1ccc(F)cc1)NC(=O)OC(C)(C)C. The normalized spacial score (nSPS) is 12.2. The van der Waals surface area contributed by atoms with E-state index >= 15 is 0 Å². The van der Waals surface area contributed by atoms with Crippen LogP contribution < -0.4 is 10.6 Å². The highest BCUT2D eigenvalue weighted by Crippen LogP contribution is 2.15. The van der Waals surface area contributed by atoms with Gasteiger partial charge in [-0.05, 0) is 57.9 Å². The Balaban J connectivity index is 2.37. The zero-order valence-corrected chi connectivity index (χ0v) is 14.6. The molecule has 0 bridgehead atoms. The van der Waals surface area contributed by atoms with Crippen LogP contribution in [-0.4, -0.2) is 17.6 Å². The Kier molecular flexibility index (Phi) is 6.95. The first-order valence-electron chi connectivity index (χ1n) is 7.81.